The smallest absolute Gasteiger partial charge is 0.229 e. The number of hydrogen-bond acceptors (Lipinski definition) is 5. The highest BCUT2D eigenvalue weighted by Crippen LogP contribution is 2.45. The lowest BCUT2D eigenvalue weighted by molar-refractivity contribution is 0.657. The second-order valence-corrected chi connectivity index (χ2v) is 11.2. The van der Waals surface area contributed by atoms with Gasteiger partial charge in [0.15, 0.2) is 0 Å². The molecule has 0 radical (unpaired) electrons. The topological polar surface area (TPSA) is 55.6 Å². The van der Waals surface area contributed by atoms with Gasteiger partial charge in [0.1, 0.15) is 27.9 Å². The fourth-order valence-electron chi connectivity index (χ4n) is 6.73. The van der Waals surface area contributed by atoms with Crippen molar-refractivity contribution in [3.05, 3.63) is 134 Å². The molecular weight excluding hydrogens is 544 g/mol. The standard InChI is InChI=1S/C39H22N2O3/c1-2-8-26-23(7-1)13-16-29-37-32(19-20-40-39(37)44-38(26)29)41(24-14-17-35-30(21-24)27-9-3-5-11-33(27)42-35)25-15-18-36-31(22-25)28-10-4-6-12-34(28)43-36/h1-22H. The van der Waals surface area contributed by atoms with Crippen LogP contribution in [0.4, 0.5) is 17.1 Å². The summed E-state index contributed by atoms with van der Waals surface area (Å²) in [5.74, 6) is 0. The van der Waals surface area contributed by atoms with E-state index in [1.54, 1.807) is 0 Å². The van der Waals surface area contributed by atoms with Crippen LogP contribution in [0.15, 0.2) is 147 Å². The zero-order valence-corrected chi connectivity index (χ0v) is 23.3. The molecule has 0 aliphatic rings. The first kappa shape index (κ1) is 23.5. The normalized spacial score (nSPS) is 12.1. The molecule has 10 rings (SSSR count). The largest absolute Gasteiger partial charge is 0.456 e. The van der Waals surface area contributed by atoms with Gasteiger partial charge < -0.3 is 18.2 Å². The van der Waals surface area contributed by atoms with E-state index in [2.05, 4.69) is 83.8 Å². The maximum Gasteiger partial charge on any atom is 0.229 e. The van der Waals surface area contributed by atoms with Crippen LogP contribution in [0.5, 0.6) is 0 Å². The number of fused-ring (bicyclic) bond motifs is 11. The number of benzene rings is 6. The highest BCUT2D eigenvalue weighted by molar-refractivity contribution is 6.19. The van der Waals surface area contributed by atoms with Gasteiger partial charge in [0, 0.05) is 49.9 Å². The summed E-state index contributed by atoms with van der Waals surface area (Å²) in [5, 5.41) is 8.48. The summed E-state index contributed by atoms with van der Waals surface area (Å²) in [6.45, 7) is 0. The molecule has 0 fully saturated rings. The quantitative estimate of drug-likeness (QED) is 0.213. The van der Waals surface area contributed by atoms with Crippen molar-refractivity contribution in [2.24, 2.45) is 0 Å². The Bertz CT molecular complexity index is 2630. The Morgan fingerprint density at radius 1 is 0.455 bits per heavy atom. The van der Waals surface area contributed by atoms with Crippen LogP contribution in [-0.4, -0.2) is 4.98 Å². The maximum atomic E-state index is 6.49. The van der Waals surface area contributed by atoms with Crippen LogP contribution in [0.1, 0.15) is 0 Å². The first-order chi connectivity index (χ1) is 21.8. The Morgan fingerprint density at radius 3 is 1.73 bits per heavy atom. The monoisotopic (exact) mass is 566 g/mol. The summed E-state index contributed by atoms with van der Waals surface area (Å²) in [6.07, 6.45) is 1.83. The number of hydrogen-bond donors (Lipinski definition) is 0. The van der Waals surface area contributed by atoms with Crippen molar-refractivity contribution in [1.82, 2.24) is 4.98 Å². The van der Waals surface area contributed by atoms with Crippen LogP contribution in [0, 0.1) is 0 Å². The minimum absolute atomic E-state index is 0.600. The highest BCUT2D eigenvalue weighted by atomic mass is 16.3. The lowest BCUT2D eigenvalue weighted by Gasteiger charge is -2.26. The van der Waals surface area contributed by atoms with Crippen molar-refractivity contribution in [2.45, 2.75) is 0 Å². The number of nitrogens with zero attached hydrogens (tertiary/aromatic N) is 2. The predicted molar refractivity (Wildman–Crippen MR) is 178 cm³/mol. The Morgan fingerprint density at radius 2 is 1.05 bits per heavy atom. The Labute approximate surface area is 250 Å². The third-order valence-corrected chi connectivity index (χ3v) is 8.72. The van der Waals surface area contributed by atoms with E-state index < -0.39 is 0 Å². The highest BCUT2D eigenvalue weighted by Gasteiger charge is 2.23. The van der Waals surface area contributed by atoms with Crippen LogP contribution >= 0.6 is 0 Å². The molecule has 0 saturated carbocycles. The molecule has 44 heavy (non-hydrogen) atoms. The summed E-state index contributed by atoms with van der Waals surface area (Å²) in [6, 6.07) is 43.8. The van der Waals surface area contributed by atoms with E-state index in [0.29, 0.717) is 5.71 Å². The molecule has 0 aliphatic carbocycles. The third kappa shape index (κ3) is 3.26. The van der Waals surface area contributed by atoms with Crippen LogP contribution in [0.3, 0.4) is 0 Å². The Hall–Kier alpha value is -6.07. The van der Waals surface area contributed by atoms with Gasteiger partial charge in [-0.3, -0.25) is 0 Å². The van der Waals surface area contributed by atoms with E-state index >= 15 is 0 Å². The molecule has 0 bridgehead atoms. The molecule has 0 aliphatic heterocycles. The maximum absolute atomic E-state index is 6.49. The predicted octanol–water partition coefficient (Wildman–Crippen LogP) is 11.4. The minimum atomic E-state index is 0.600. The van der Waals surface area contributed by atoms with Gasteiger partial charge >= 0.3 is 0 Å². The Balaban J connectivity index is 1.30. The molecule has 4 heterocycles. The fraction of sp³-hybridized carbons (Fsp3) is 0. The molecule has 4 aromatic heterocycles. The minimum Gasteiger partial charge on any atom is -0.456 e. The molecule has 6 aromatic carbocycles. The van der Waals surface area contributed by atoms with Gasteiger partial charge in [-0.05, 0) is 66.0 Å². The lowest BCUT2D eigenvalue weighted by atomic mass is 10.0. The number of para-hydroxylation sites is 2. The Kier molecular flexibility index (Phi) is 4.66. The molecule has 0 amide bonds. The number of rotatable bonds is 3. The van der Waals surface area contributed by atoms with Crippen LogP contribution < -0.4 is 4.90 Å². The molecule has 0 spiro atoms. The molecule has 0 atom stereocenters. The van der Waals surface area contributed by atoms with Crippen LogP contribution in [-0.2, 0) is 0 Å². The molecule has 206 valence electrons. The van der Waals surface area contributed by atoms with E-state index in [-0.39, 0.29) is 0 Å². The molecule has 0 saturated heterocycles. The van der Waals surface area contributed by atoms with E-state index in [4.69, 9.17) is 18.2 Å². The van der Waals surface area contributed by atoms with E-state index in [1.165, 1.54) is 0 Å². The van der Waals surface area contributed by atoms with Gasteiger partial charge in [-0.15, -0.1) is 0 Å². The second kappa shape index (κ2) is 8.72. The van der Waals surface area contributed by atoms with Crippen molar-refractivity contribution in [2.75, 3.05) is 4.90 Å². The van der Waals surface area contributed by atoms with Crippen LogP contribution in [0.2, 0.25) is 0 Å². The fourth-order valence-corrected chi connectivity index (χ4v) is 6.73. The number of furan rings is 3. The van der Waals surface area contributed by atoms with E-state index in [1.807, 2.05) is 54.7 Å². The summed E-state index contributed by atoms with van der Waals surface area (Å²) in [7, 11) is 0. The SMILES string of the molecule is c1ccc2c(c1)ccc1c2oc2nccc(N(c3ccc4oc5ccccc5c4c3)c3ccc4oc5ccccc5c4c3)c21. The summed E-state index contributed by atoms with van der Waals surface area (Å²) < 4.78 is 18.9. The average molecular weight is 567 g/mol. The first-order valence-electron chi connectivity index (χ1n) is 14.6. The van der Waals surface area contributed by atoms with Crippen molar-refractivity contribution >= 4 is 93.8 Å². The zero-order valence-electron chi connectivity index (χ0n) is 23.3. The molecule has 0 unspecified atom stereocenters. The van der Waals surface area contributed by atoms with E-state index in [0.717, 1.165) is 88.1 Å². The van der Waals surface area contributed by atoms with E-state index in [9.17, 15) is 0 Å². The third-order valence-electron chi connectivity index (χ3n) is 8.72. The zero-order chi connectivity index (χ0) is 28.8. The molecule has 5 nitrogen and oxygen atoms in total. The van der Waals surface area contributed by atoms with Gasteiger partial charge in [-0.1, -0.05) is 66.7 Å². The van der Waals surface area contributed by atoms with Gasteiger partial charge in [-0.25, -0.2) is 4.98 Å². The van der Waals surface area contributed by atoms with Gasteiger partial charge in [0.25, 0.3) is 0 Å². The number of aromatic nitrogens is 1. The van der Waals surface area contributed by atoms with Gasteiger partial charge in [0.05, 0.1) is 11.1 Å². The lowest BCUT2D eigenvalue weighted by Crippen LogP contribution is -2.10. The number of anilines is 3. The second-order valence-electron chi connectivity index (χ2n) is 11.2. The average Bonchev–Trinajstić information content (AvgIpc) is 3.76. The molecule has 10 aromatic rings. The van der Waals surface area contributed by atoms with Crippen LogP contribution in [0.25, 0.3) is 76.7 Å². The van der Waals surface area contributed by atoms with Gasteiger partial charge in [0.2, 0.25) is 5.71 Å². The van der Waals surface area contributed by atoms with Crippen molar-refractivity contribution in [3.63, 3.8) is 0 Å². The van der Waals surface area contributed by atoms with Gasteiger partial charge in [-0.2, -0.15) is 0 Å². The van der Waals surface area contributed by atoms with Crippen molar-refractivity contribution in [1.29, 1.82) is 0 Å². The first-order valence-corrected chi connectivity index (χ1v) is 14.6. The summed E-state index contributed by atoms with van der Waals surface area (Å²) >= 11 is 0. The van der Waals surface area contributed by atoms with Crippen molar-refractivity contribution in [3.8, 4) is 0 Å². The molecule has 0 N–H and O–H groups in total. The summed E-state index contributed by atoms with van der Waals surface area (Å²) in [4.78, 5) is 6.99. The number of pyridine rings is 1. The summed E-state index contributed by atoms with van der Waals surface area (Å²) in [5.41, 5.74) is 7.86. The molecular formula is C39H22N2O3. The van der Waals surface area contributed by atoms with Crippen molar-refractivity contribution < 1.29 is 13.3 Å². The molecule has 5 heteroatoms.